The molecule has 0 aliphatic carbocycles. The van der Waals surface area contributed by atoms with Crippen molar-refractivity contribution < 1.29 is 15.7 Å². The van der Waals surface area contributed by atoms with Gasteiger partial charge in [-0.2, -0.15) is 0 Å². The van der Waals surface area contributed by atoms with Crippen LogP contribution in [0.3, 0.4) is 0 Å². The number of nitrogens with one attached hydrogen (secondary N) is 2. The molecular weight excluding hydrogens is 402 g/mol. The van der Waals surface area contributed by atoms with Gasteiger partial charge in [-0.05, 0) is 64.2 Å². The van der Waals surface area contributed by atoms with Crippen molar-refractivity contribution in [3.63, 3.8) is 0 Å². The molecule has 2 aromatic carbocycles. The van der Waals surface area contributed by atoms with Crippen molar-refractivity contribution >= 4 is 12.0 Å². The largest absolute Gasteiger partial charge is 0.444 e. The average Bonchev–Trinajstić information content (AvgIpc) is 2.75. The molecule has 2 N–H and O–H groups in total. The van der Waals surface area contributed by atoms with Crippen LogP contribution < -0.4 is 10.6 Å². The molecule has 172 valence electrons. The maximum absolute atomic E-state index is 13.0. The highest BCUT2D eigenvalue weighted by molar-refractivity contribution is 5.95. The third kappa shape index (κ3) is 8.09. The van der Waals surface area contributed by atoms with E-state index in [1.165, 1.54) is 5.56 Å². The van der Waals surface area contributed by atoms with Gasteiger partial charge in [0.05, 0.1) is 6.04 Å². The number of benzene rings is 2. The lowest BCUT2D eigenvalue weighted by molar-refractivity contribution is -0.123. The fourth-order valence-corrected chi connectivity index (χ4v) is 3.77. The van der Waals surface area contributed by atoms with Crippen molar-refractivity contribution in [2.75, 3.05) is 13.1 Å². The molecule has 1 fully saturated rings. The minimum absolute atomic E-state index is 0.0117. The fourth-order valence-electron chi connectivity index (χ4n) is 3.77. The summed E-state index contributed by atoms with van der Waals surface area (Å²) in [7, 11) is 0. The predicted molar refractivity (Wildman–Crippen MR) is 126 cm³/mol. The Labute approximate surface area is 192 Å². The molecule has 0 spiro atoms. The van der Waals surface area contributed by atoms with Gasteiger partial charge in [-0.15, -0.1) is 0 Å². The molecule has 1 aliphatic rings. The first-order chi connectivity index (χ1) is 15.7. The smallest absolute Gasteiger partial charge is 0.414 e. The van der Waals surface area contributed by atoms with Gasteiger partial charge in [-0.3, -0.25) is 15.0 Å². The van der Waals surface area contributed by atoms with Crippen LogP contribution in [-0.4, -0.2) is 47.7 Å². The molecule has 1 heterocycles. The van der Waals surface area contributed by atoms with Crippen molar-refractivity contribution in [3.05, 3.63) is 71.8 Å². The number of likely N-dealkylation sites (tertiary alicyclic amines) is 1. The predicted octanol–water partition coefficient (Wildman–Crippen LogP) is 3.90. The Balaban J connectivity index is 1.62. The molecule has 0 aromatic heterocycles. The topological polar surface area (TPSA) is 70.7 Å². The molecule has 2 amide bonds. The van der Waals surface area contributed by atoms with E-state index in [2.05, 4.69) is 27.7 Å². The maximum Gasteiger partial charge on any atom is 0.414 e. The number of piperidine rings is 1. The van der Waals surface area contributed by atoms with Gasteiger partial charge in [0, 0.05) is 14.0 Å². The zero-order valence-electron chi connectivity index (χ0n) is 20.2. The van der Waals surface area contributed by atoms with Gasteiger partial charge >= 0.3 is 6.09 Å². The van der Waals surface area contributed by atoms with Crippen molar-refractivity contribution in [2.24, 2.45) is 0 Å². The second-order valence-electron chi connectivity index (χ2n) is 9.26. The quantitative estimate of drug-likeness (QED) is 0.686. The molecule has 1 aliphatic heterocycles. The Morgan fingerprint density at radius 3 is 2.28 bits per heavy atom. The van der Waals surface area contributed by atoms with Gasteiger partial charge in [-0.1, -0.05) is 60.7 Å². The van der Waals surface area contributed by atoms with Crippen LogP contribution in [0.4, 0.5) is 4.79 Å². The van der Waals surface area contributed by atoms with Gasteiger partial charge in [-0.25, -0.2) is 4.79 Å². The minimum Gasteiger partial charge on any atom is -0.444 e. The van der Waals surface area contributed by atoms with E-state index in [1.807, 2.05) is 48.5 Å². The summed E-state index contributed by atoms with van der Waals surface area (Å²) in [6, 6.07) is 19.3. The highest BCUT2D eigenvalue weighted by Gasteiger charge is 2.28. The third-order valence-electron chi connectivity index (χ3n) is 5.30. The number of alkyl carbamates (subject to hydrolysis) is 1. The van der Waals surface area contributed by atoms with Gasteiger partial charge < -0.3 is 10.1 Å². The van der Waals surface area contributed by atoms with Crippen molar-refractivity contribution in [2.45, 2.75) is 64.3 Å². The molecular formula is C26H35N3O3. The van der Waals surface area contributed by atoms with Crippen molar-refractivity contribution in [1.82, 2.24) is 15.5 Å². The van der Waals surface area contributed by atoms with E-state index in [0.29, 0.717) is 12.8 Å². The number of imide groups is 1. The van der Waals surface area contributed by atoms with E-state index in [0.717, 1.165) is 25.1 Å². The first-order valence-electron chi connectivity index (χ1n) is 11.8. The Bertz CT molecular complexity index is 902. The lowest BCUT2D eigenvalue weighted by Crippen LogP contribution is -2.53. The summed E-state index contributed by atoms with van der Waals surface area (Å²) >= 11 is 0. The van der Waals surface area contributed by atoms with Gasteiger partial charge in [0.1, 0.15) is 5.60 Å². The molecule has 6 heteroatoms. The molecule has 3 rings (SSSR count). The Hall–Kier alpha value is -2.70. The number of rotatable bonds is 7. The van der Waals surface area contributed by atoms with Crippen LogP contribution in [0, 0.1) is 0 Å². The molecule has 2 unspecified atom stereocenters. The molecule has 1 saturated heterocycles. The number of nitrogens with zero attached hydrogens (tertiary/aromatic N) is 1. The van der Waals surface area contributed by atoms with Crippen LogP contribution in [0.1, 0.15) is 46.1 Å². The number of ether oxygens (including phenoxy) is 1. The van der Waals surface area contributed by atoms with Gasteiger partial charge in [0.15, 0.2) is 0 Å². The molecule has 0 saturated carbocycles. The zero-order chi connectivity index (χ0) is 23.8. The van der Waals surface area contributed by atoms with E-state index in [4.69, 9.17) is 6.11 Å². The highest BCUT2D eigenvalue weighted by Crippen LogP contribution is 2.16. The van der Waals surface area contributed by atoms with Crippen LogP contribution >= 0.6 is 0 Å². The third-order valence-corrected chi connectivity index (χ3v) is 5.30. The number of hydrogen-bond acceptors (Lipinski definition) is 5. The van der Waals surface area contributed by atoms with E-state index in [1.54, 1.807) is 20.8 Å². The lowest BCUT2D eigenvalue weighted by Gasteiger charge is -2.34. The normalized spacial score (nSPS) is 20.8. The van der Waals surface area contributed by atoms with E-state index in [9.17, 15) is 9.59 Å². The summed E-state index contributed by atoms with van der Waals surface area (Å²) in [5.74, 6) is -0.415. The van der Waals surface area contributed by atoms with Crippen LogP contribution in [-0.2, 0) is 22.5 Å². The van der Waals surface area contributed by atoms with Gasteiger partial charge in [0.25, 0.3) is 0 Å². The van der Waals surface area contributed by atoms with Crippen LogP contribution in [0.15, 0.2) is 60.7 Å². The second kappa shape index (κ2) is 11.2. The molecule has 0 radical (unpaired) electrons. The number of amides is 2. The molecule has 32 heavy (non-hydrogen) atoms. The molecule has 2 aromatic rings. The minimum atomic E-state index is -0.747. The second-order valence-corrected chi connectivity index (χ2v) is 9.26. The summed E-state index contributed by atoms with van der Waals surface area (Å²) in [6.07, 6.45) is 1.14. The van der Waals surface area contributed by atoms with Crippen molar-refractivity contribution in [3.8, 4) is 0 Å². The number of carbonyl (C=O) groups is 2. The maximum atomic E-state index is 13.0. The number of carbonyl (C=O) groups excluding carboxylic acids is 2. The Morgan fingerprint density at radius 1 is 1.06 bits per heavy atom. The summed E-state index contributed by atoms with van der Waals surface area (Å²) in [6.45, 7) is 6.43. The van der Waals surface area contributed by atoms with E-state index < -0.39 is 23.6 Å². The Morgan fingerprint density at radius 2 is 1.69 bits per heavy atom. The fraction of sp³-hybridized carbons (Fsp3) is 0.462. The SMILES string of the molecule is [2H]C1CC(N[C@@H](Cc2ccccc2)C(=O)NC(=O)OC(C)(C)C)CCN1Cc1ccccc1. The van der Waals surface area contributed by atoms with Crippen molar-refractivity contribution in [1.29, 1.82) is 0 Å². The Kier molecular flexibility index (Phi) is 7.91. The first-order valence-corrected chi connectivity index (χ1v) is 11.2. The van der Waals surface area contributed by atoms with Gasteiger partial charge in [0.2, 0.25) is 5.91 Å². The first kappa shape index (κ1) is 22.5. The average molecular weight is 439 g/mol. The van der Waals surface area contributed by atoms with Crippen LogP contribution in [0.25, 0.3) is 0 Å². The summed E-state index contributed by atoms with van der Waals surface area (Å²) in [5, 5.41) is 5.80. The van der Waals surface area contributed by atoms with E-state index >= 15 is 0 Å². The lowest BCUT2D eigenvalue weighted by atomic mass is 10.00. The molecule has 3 atom stereocenters. The summed E-state index contributed by atoms with van der Waals surface area (Å²) in [5.41, 5.74) is 1.51. The summed E-state index contributed by atoms with van der Waals surface area (Å²) in [4.78, 5) is 27.3. The zero-order valence-corrected chi connectivity index (χ0v) is 19.2. The molecule has 0 bridgehead atoms. The monoisotopic (exact) mass is 438 g/mol. The van der Waals surface area contributed by atoms with E-state index in [-0.39, 0.29) is 12.6 Å². The highest BCUT2D eigenvalue weighted by atomic mass is 16.6. The molecule has 6 nitrogen and oxygen atoms in total. The van der Waals surface area contributed by atoms with Crippen LogP contribution in [0.2, 0.25) is 0 Å². The summed E-state index contributed by atoms with van der Waals surface area (Å²) < 4.78 is 13.9. The standard InChI is InChI=1S/C26H35N3O3/c1-26(2,3)32-25(31)28-24(30)23(18-20-10-6-4-7-11-20)27-22-14-16-29(17-15-22)19-21-12-8-5-9-13-21/h4-13,22-23,27H,14-19H2,1-3H3,(H,28,30,31)/t23-/m0/s1/i16D/t16?,22?,23-. The number of hydrogen-bond donors (Lipinski definition) is 2. The van der Waals surface area contributed by atoms with Crippen LogP contribution in [0.5, 0.6) is 0 Å².